The van der Waals surface area contributed by atoms with Crippen LogP contribution in [0.4, 0.5) is 0 Å². The number of halogens is 1. The first kappa shape index (κ1) is 7.72. The molecule has 0 bridgehead atoms. The van der Waals surface area contributed by atoms with Crippen LogP contribution in [0.2, 0.25) is 0 Å². The number of hydrogen-bond acceptors (Lipinski definition) is 2. The molecule has 0 aliphatic carbocycles. The summed E-state index contributed by atoms with van der Waals surface area (Å²) >= 11 is 4.81. The summed E-state index contributed by atoms with van der Waals surface area (Å²) in [5.41, 5.74) is -1.28. The zero-order chi connectivity index (χ0) is 6.78. The molecule has 0 aliphatic rings. The zero-order valence-electron chi connectivity index (χ0n) is 4.64. The number of aliphatic carboxylic acids is 1. The Morgan fingerprint density at radius 3 is 2.12 bits per heavy atom. The minimum atomic E-state index is -1.28. The number of rotatable bonds is 2. The molecule has 0 amide bonds. The summed E-state index contributed by atoms with van der Waals surface area (Å²) in [7, 11) is 0. The third-order valence-electron chi connectivity index (χ3n) is 0.708. The highest BCUT2D eigenvalue weighted by Gasteiger charge is 2.27. The molecule has 4 heteroatoms. The van der Waals surface area contributed by atoms with Gasteiger partial charge in [0, 0.05) is 0 Å². The van der Waals surface area contributed by atoms with Gasteiger partial charge >= 0.3 is 5.97 Å². The number of hydrogen-bond donors (Lipinski definition) is 1. The number of carboxylic acids is 1. The lowest BCUT2D eigenvalue weighted by molar-refractivity contribution is -0.151. The Labute approximate surface area is 52.4 Å². The standard InChI is InChI=1S/C4H7ClO3/c1-4(2,8-5)3(6)7/h1-2H3,(H,6,7). The van der Waals surface area contributed by atoms with E-state index in [0.717, 1.165) is 0 Å². The highest BCUT2D eigenvalue weighted by atomic mass is 35.5. The van der Waals surface area contributed by atoms with Crippen LogP contribution in [0.25, 0.3) is 0 Å². The van der Waals surface area contributed by atoms with Crippen molar-refractivity contribution in [1.29, 1.82) is 0 Å². The van der Waals surface area contributed by atoms with E-state index in [9.17, 15) is 4.79 Å². The fourth-order valence-corrected chi connectivity index (χ4v) is 0.0990. The van der Waals surface area contributed by atoms with Gasteiger partial charge in [-0.25, -0.2) is 4.79 Å². The van der Waals surface area contributed by atoms with E-state index in [4.69, 9.17) is 17.0 Å². The molecule has 0 saturated heterocycles. The average molecular weight is 139 g/mol. The van der Waals surface area contributed by atoms with Crippen LogP contribution in [0.3, 0.4) is 0 Å². The first-order valence-corrected chi connectivity index (χ1v) is 2.34. The van der Waals surface area contributed by atoms with Crippen LogP contribution in [0.5, 0.6) is 0 Å². The first-order valence-electron chi connectivity index (χ1n) is 2.04. The molecule has 0 aliphatic heterocycles. The van der Waals surface area contributed by atoms with Crippen LogP contribution in [0.1, 0.15) is 13.8 Å². The third kappa shape index (κ3) is 1.68. The van der Waals surface area contributed by atoms with Gasteiger partial charge in [-0.2, -0.15) is 0 Å². The molecule has 0 radical (unpaired) electrons. The van der Waals surface area contributed by atoms with Crippen molar-refractivity contribution in [3.05, 3.63) is 0 Å². The molecule has 0 spiro atoms. The summed E-state index contributed by atoms with van der Waals surface area (Å²) in [6.07, 6.45) is 0. The summed E-state index contributed by atoms with van der Waals surface area (Å²) in [6.45, 7) is 2.73. The quantitative estimate of drug-likeness (QED) is 0.620. The summed E-state index contributed by atoms with van der Waals surface area (Å²) in [5.74, 6) is -1.08. The Kier molecular flexibility index (Phi) is 2.25. The summed E-state index contributed by atoms with van der Waals surface area (Å²) < 4.78 is 4.07. The molecule has 0 fully saturated rings. The van der Waals surface area contributed by atoms with Crippen molar-refractivity contribution in [1.82, 2.24) is 0 Å². The second kappa shape index (κ2) is 2.33. The number of carbonyl (C=O) groups is 1. The van der Waals surface area contributed by atoms with E-state index < -0.39 is 11.6 Å². The molecule has 0 heterocycles. The molecule has 0 rings (SSSR count). The Morgan fingerprint density at radius 1 is 1.75 bits per heavy atom. The van der Waals surface area contributed by atoms with Gasteiger partial charge in [0.05, 0.1) is 11.9 Å². The van der Waals surface area contributed by atoms with Crippen molar-refractivity contribution in [3.63, 3.8) is 0 Å². The monoisotopic (exact) mass is 138 g/mol. The summed E-state index contributed by atoms with van der Waals surface area (Å²) in [4.78, 5) is 10.0. The molecular formula is C4H7ClO3. The van der Waals surface area contributed by atoms with Gasteiger partial charge in [0.1, 0.15) is 0 Å². The molecule has 48 valence electrons. The fraction of sp³-hybridized carbons (Fsp3) is 0.750. The van der Waals surface area contributed by atoms with E-state index in [1.807, 2.05) is 0 Å². The topological polar surface area (TPSA) is 46.5 Å². The van der Waals surface area contributed by atoms with Gasteiger partial charge in [-0.05, 0) is 13.8 Å². The minimum absolute atomic E-state index is 1.08. The molecule has 0 unspecified atom stereocenters. The van der Waals surface area contributed by atoms with Crippen molar-refractivity contribution in [2.75, 3.05) is 0 Å². The van der Waals surface area contributed by atoms with Gasteiger partial charge in [0.25, 0.3) is 0 Å². The lowest BCUT2D eigenvalue weighted by atomic mass is 10.1. The molecule has 3 nitrogen and oxygen atoms in total. The van der Waals surface area contributed by atoms with E-state index in [2.05, 4.69) is 4.29 Å². The second-order valence-electron chi connectivity index (χ2n) is 1.89. The molecule has 1 N–H and O–H groups in total. The van der Waals surface area contributed by atoms with Crippen LogP contribution < -0.4 is 0 Å². The SMILES string of the molecule is CC(C)(OCl)C(=O)O. The molecular weight excluding hydrogens is 131 g/mol. The van der Waals surface area contributed by atoms with Gasteiger partial charge in [-0.3, -0.25) is 4.29 Å². The van der Waals surface area contributed by atoms with Crippen LogP contribution in [0, 0.1) is 0 Å². The van der Waals surface area contributed by atoms with E-state index in [1.165, 1.54) is 13.8 Å². The Morgan fingerprint density at radius 2 is 2.12 bits per heavy atom. The van der Waals surface area contributed by atoms with Gasteiger partial charge in [0.15, 0.2) is 5.60 Å². The predicted molar refractivity (Wildman–Crippen MR) is 28.7 cm³/mol. The van der Waals surface area contributed by atoms with Gasteiger partial charge < -0.3 is 5.11 Å². The van der Waals surface area contributed by atoms with Gasteiger partial charge in [-0.15, -0.1) is 0 Å². The largest absolute Gasteiger partial charge is 0.479 e. The van der Waals surface area contributed by atoms with Gasteiger partial charge in [0.2, 0.25) is 0 Å². The molecule has 0 atom stereocenters. The van der Waals surface area contributed by atoms with Crippen molar-refractivity contribution in [2.24, 2.45) is 0 Å². The third-order valence-corrected chi connectivity index (χ3v) is 1.09. The van der Waals surface area contributed by atoms with Crippen LogP contribution in [-0.2, 0) is 9.08 Å². The normalized spacial score (nSPS) is 11.4. The number of carboxylic acid groups (broad SMARTS) is 1. The molecule has 8 heavy (non-hydrogen) atoms. The molecule has 0 aromatic heterocycles. The lowest BCUT2D eigenvalue weighted by Crippen LogP contribution is -2.31. The van der Waals surface area contributed by atoms with E-state index >= 15 is 0 Å². The predicted octanol–water partition coefficient (Wildman–Crippen LogP) is 1.02. The fourth-order valence-electron chi connectivity index (χ4n) is 0.0330. The Bertz CT molecular complexity index is 99.5. The highest BCUT2D eigenvalue weighted by molar-refractivity contribution is 6.08. The van der Waals surface area contributed by atoms with Crippen LogP contribution >= 0.6 is 11.9 Å². The average Bonchev–Trinajstić information content (AvgIpc) is 1.67. The maximum atomic E-state index is 10.0. The minimum Gasteiger partial charge on any atom is -0.479 e. The summed E-state index contributed by atoms with van der Waals surface area (Å²) in [6, 6.07) is 0. The lowest BCUT2D eigenvalue weighted by Gasteiger charge is -2.12. The Hall–Kier alpha value is -0.280. The molecule has 0 saturated carbocycles. The Balaban J connectivity index is 3.91. The zero-order valence-corrected chi connectivity index (χ0v) is 5.40. The summed E-state index contributed by atoms with van der Waals surface area (Å²) in [5, 5.41) is 8.23. The van der Waals surface area contributed by atoms with E-state index in [-0.39, 0.29) is 0 Å². The van der Waals surface area contributed by atoms with Crippen molar-refractivity contribution < 1.29 is 14.2 Å². The van der Waals surface area contributed by atoms with Gasteiger partial charge in [-0.1, -0.05) is 0 Å². The molecule has 0 aromatic carbocycles. The van der Waals surface area contributed by atoms with Crippen LogP contribution in [-0.4, -0.2) is 16.7 Å². The maximum absolute atomic E-state index is 10.0. The van der Waals surface area contributed by atoms with Crippen molar-refractivity contribution >= 4 is 17.8 Å². The van der Waals surface area contributed by atoms with Crippen molar-refractivity contribution in [2.45, 2.75) is 19.4 Å². The van der Waals surface area contributed by atoms with E-state index in [0.29, 0.717) is 0 Å². The highest BCUT2D eigenvalue weighted by Crippen LogP contribution is 2.10. The smallest absolute Gasteiger partial charge is 0.337 e. The first-order chi connectivity index (χ1) is 3.50. The van der Waals surface area contributed by atoms with Crippen LogP contribution in [0.15, 0.2) is 0 Å². The molecule has 0 aromatic rings. The second-order valence-corrected chi connectivity index (χ2v) is 2.05. The maximum Gasteiger partial charge on any atom is 0.337 e. The van der Waals surface area contributed by atoms with Crippen molar-refractivity contribution in [3.8, 4) is 0 Å². The van der Waals surface area contributed by atoms with E-state index in [1.54, 1.807) is 0 Å².